The first kappa shape index (κ1) is 12.3. The summed E-state index contributed by atoms with van der Waals surface area (Å²) in [4.78, 5) is 2.60. The summed E-state index contributed by atoms with van der Waals surface area (Å²) in [6.07, 6.45) is 6.93. The summed E-state index contributed by atoms with van der Waals surface area (Å²) >= 11 is 5.74. The lowest BCUT2D eigenvalue weighted by molar-refractivity contribution is 0.189. The van der Waals surface area contributed by atoms with Crippen LogP contribution in [0, 0.1) is 5.92 Å². The van der Waals surface area contributed by atoms with E-state index in [1.807, 2.05) is 0 Å². The van der Waals surface area contributed by atoms with Crippen LogP contribution < -0.4 is 0 Å². The van der Waals surface area contributed by atoms with Gasteiger partial charge in [0.1, 0.15) is 0 Å². The van der Waals surface area contributed by atoms with Crippen LogP contribution in [0.4, 0.5) is 0 Å². The molecule has 14 heavy (non-hydrogen) atoms. The highest BCUT2D eigenvalue weighted by Crippen LogP contribution is 2.26. The fourth-order valence-electron chi connectivity index (χ4n) is 2.35. The highest BCUT2D eigenvalue weighted by atomic mass is 35.5. The van der Waals surface area contributed by atoms with Gasteiger partial charge in [0.15, 0.2) is 0 Å². The van der Waals surface area contributed by atoms with E-state index in [1.165, 1.54) is 38.8 Å². The van der Waals surface area contributed by atoms with Gasteiger partial charge in [-0.25, -0.2) is 0 Å². The third-order valence-electron chi connectivity index (χ3n) is 3.28. The van der Waals surface area contributed by atoms with Crippen molar-refractivity contribution in [3.8, 4) is 0 Å². The summed E-state index contributed by atoms with van der Waals surface area (Å²) in [5, 5.41) is 0. The summed E-state index contributed by atoms with van der Waals surface area (Å²) in [7, 11) is 0. The van der Waals surface area contributed by atoms with Gasteiger partial charge in [0, 0.05) is 18.5 Å². The Morgan fingerprint density at radius 1 is 1.29 bits per heavy atom. The van der Waals surface area contributed by atoms with Crippen LogP contribution in [0.3, 0.4) is 0 Å². The number of nitrogens with zero attached hydrogens (tertiary/aromatic N) is 1. The lowest BCUT2D eigenvalue weighted by Crippen LogP contribution is -2.35. The summed E-state index contributed by atoms with van der Waals surface area (Å²) in [5.41, 5.74) is 0. The molecule has 0 unspecified atom stereocenters. The smallest absolute Gasteiger partial charge is 0.0235 e. The quantitative estimate of drug-likeness (QED) is 0.616. The average molecular weight is 218 g/mol. The summed E-state index contributed by atoms with van der Waals surface area (Å²) in [5.74, 6) is 1.76. The van der Waals surface area contributed by atoms with E-state index in [-0.39, 0.29) is 0 Å². The van der Waals surface area contributed by atoms with E-state index >= 15 is 0 Å². The second-order valence-corrected chi connectivity index (χ2v) is 5.16. The number of alkyl halides is 1. The van der Waals surface area contributed by atoms with Crippen LogP contribution in [-0.4, -0.2) is 29.9 Å². The van der Waals surface area contributed by atoms with Gasteiger partial charge in [-0.05, 0) is 45.6 Å². The molecule has 1 nitrogen and oxygen atoms in total. The molecular weight excluding hydrogens is 194 g/mol. The zero-order valence-electron chi connectivity index (χ0n) is 9.64. The van der Waals surface area contributed by atoms with Crippen molar-refractivity contribution in [2.45, 2.75) is 52.0 Å². The minimum absolute atomic E-state index is 0.679. The third-order valence-corrected chi connectivity index (χ3v) is 3.54. The standard InChI is InChI=1S/C12H24ClN/c1-11(2)14(9-5-8-13)10-12-6-3-4-7-12/h11-12H,3-10H2,1-2H3. The molecule has 0 spiro atoms. The van der Waals surface area contributed by atoms with E-state index in [2.05, 4.69) is 18.7 Å². The molecule has 1 aliphatic rings. The highest BCUT2D eigenvalue weighted by molar-refractivity contribution is 6.17. The largest absolute Gasteiger partial charge is 0.301 e. The van der Waals surface area contributed by atoms with Crippen molar-refractivity contribution >= 4 is 11.6 Å². The van der Waals surface area contributed by atoms with Crippen molar-refractivity contribution in [1.82, 2.24) is 4.90 Å². The summed E-state index contributed by atoms with van der Waals surface area (Å²) < 4.78 is 0. The molecule has 1 fully saturated rings. The van der Waals surface area contributed by atoms with Crippen LogP contribution in [0.2, 0.25) is 0 Å². The Hall–Kier alpha value is 0.250. The molecule has 0 N–H and O–H groups in total. The molecule has 0 saturated heterocycles. The van der Waals surface area contributed by atoms with Crippen molar-refractivity contribution < 1.29 is 0 Å². The molecule has 0 aliphatic heterocycles. The average Bonchev–Trinajstić information content (AvgIpc) is 2.64. The molecule has 0 amide bonds. The Morgan fingerprint density at radius 2 is 1.93 bits per heavy atom. The molecule has 0 radical (unpaired) electrons. The lowest BCUT2D eigenvalue weighted by Gasteiger charge is -2.28. The Balaban J connectivity index is 2.26. The molecule has 0 aromatic rings. The topological polar surface area (TPSA) is 3.24 Å². The van der Waals surface area contributed by atoms with Crippen molar-refractivity contribution in [2.75, 3.05) is 19.0 Å². The van der Waals surface area contributed by atoms with Gasteiger partial charge in [-0.2, -0.15) is 0 Å². The first-order valence-corrected chi connectivity index (χ1v) is 6.57. The maximum absolute atomic E-state index is 5.74. The van der Waals surface area contributed by atoms with Gasteiger partial charge in [-0.15, -0.1) is 11.6 Å². The minimum Gasteiger partial charge on any atom is -0.301 e. The SMILES string of the molecule is CC(C)N(CCCCl)CC1CCCC1. The molecule has 0 atom stereocenters. The molecule has 1 rings (SSSR count). The van der Waals surface area contributed by atoms with Gasteiger partial charge >= 0.3 is 0 Å². The predicted molar refractivity (Wildman–Crippen MR) is 64.0 cm³/mol. The Bertz CT molecular complexity index is 141. The van der Waals surface area contributed by atoms with Gasteiger partial charge in [-0.3, -0.25) is 0 Å². The van der Waals surface area contributed by atoms with Crippen LogP contribution >= 0.6 is 11.6 Å². The van der Waals surface area contributed by atoms with Gasteiger partial charge < -0.3 is 4.90 Å². The van der Waals surface area contributed by atoms with Crippen LogP contribution in [0.1, 0.15) is 46.0 Å². The van der Waals surface area contributed by atoms with Gasteiger partial charge in [0.2, 0.25) is 0 Å². The molecule has 84 valence electrons. The van der Waals surface area contributed by atoms with Crippen molar-refractivity contribution in [1.29, 1.82) is 0 Å². The number of hydrogen-bond acceptors (Lipinski definition) is 1. The second kappa shape index (κ2) is 6.68. The van der Waals surface area contributed by atoms with E-state index in [0.717, 1.165) is 18.2 Å². The van der Waals surface area contributed by atoms with Crippen LogP contribution in [-0.2, 0) is 0 Å². The van der Waals surface area contributed by atoms with E-state index in [4.69, 9.17) is 11.6 Å². The molecule has 0 heterocycles. The first-order valence-electron chi connectivity index (χ1n) is 6.04. The predicted octanol–water partition coefficient (Wildman–Crippen LogP) is 3.52. The second-order valence-electron chi connectivity index (χ2n) is 4.78. The van der Waals surface area contributed by atoms with Crippen molar-refractivity contribution in [2.24, 2.45) is 5.92 Å². The molecule has 1 aliphatic carbocycles. The molecule has 0 bridgehead atoms. The van der Waals surface area contributed by atoms with Crippen LogP contribution in [0.15, 0.2) is 0 Å². The third kappa shape index (κ3) is 4.18. The molecule has 0 aromatic heterocycles. The molecule has 0 aromatic carbocycles. The van der Waals surface area contributed by atoms with E-state index < -0.39 is 0 Å². The number of hydrogen-bond donors (Lipinski definition) is 0. The van der Waals surface area contributed by atoms with Crippen molar-refractivity contribution in [3.63, 3.8) is 0 Å². The maximum Gasteiger partial charge on any atom is 0.0235 e. The minimum atomic E-state index is 0.679. The van der Waals surface area contributed by atoms with Gasteiger partial charge in [0.05, 0.1) is 0 Å². The highest BCUT2D eigenvalue weighted by Gasteiger charge is 2.19. The number of halogens is 1. The zero-order chi connectivity index (χ0) is 10.4. The monoisotopic (exact) mass is 217 g/mol. The first-order chi connectivity index (χ1) is 6.74. The fourth-order valence-corrected chi connectivity index (χ4v) is 2.47. The Labute approximate surface area is 93.8 Å². The van der Waals surface area contributed by atoms with Gasteiger partial charge in [-0.1, -0.05) is 12.8 Å². The normalized spacial score (nSPS) is 18.6. The van der Waals surface area contributed by atoms with E-state index in [0.29, 0.717) is 6.04 Å². The fraction of sp³-hybridized carbons (Fsp3) is 1.00. The Kier molecular flexibility index (Phi) is 5.88. The maximum atomic E-state index is 5.74. The lowest BCUT2D eigenvalue weighted by atomic mass is 10.1. The van der Waals surface area contributed by atoms with Gasteiger partial charge in [0.25, 0.3) is 0 Å². The number of rotatable bonds is 6. The summed E-state index contributed by atoms with van der Waals surface area (Å²) in [6, 6.07) is 0.679. The molecule has 2 heteroatoms. The molecule has 1 saturated carbocycles. The van der Waals surface area contributed by atoms with Crippen molar-refractivity contribution in [3.05, 3.63) is 0 Å². The molecular formula is C12H24ClN. The van der Waals surface area contributed by atoms with E-state index in [9.17, 15) is 0 Å². The zero-order valence-corrected chi connectivity index (χ0v) is 10.4. The van der Waals surface area contributed by atoms with Crippen LogP contribution in [0.5, 0.6) is 0 Å². The van der Waals surface area contributed by atoms with E-state index in [1.54, 1.807) is 0 Å². The summed E-state index contributed by atoms with van der Waals surface area (Å²) in [6.45, 7) is 7.07. The Morgan fingerprint density at radius 3 is 2.43 bits per heavy atom. The van der Waals surface area contributed by atoms with Crippen LogP contribution in [0.25, 0.3) is 0 Å².